The van der Waals surface area contributed by atoms with Gasteiger partial charge in [0.05, 0.1) is 5.71 Å². The minimum absolute atomic E-state index is 0.231. The summed E-state index contributed by atoms with van der Waals surface area (Å²) in [6, 6.07) is 7.99. The molecule has 1 aromatic carbocycles. The summed E-state index contributed by atoms with van der Waals surface area (Å²) in [5.41, 5.74) is 1.73. The van der Waals surface area contributed by atoms with Gasteiger partial charge in [0.15, 0.2) is 0 Å². The lowest BCUT2D eigenvalue weighted by Crippen LogP contribution is -2.21. The molecule has 20 heavy (non-hydrogen) atoms. The summed E-state index contributed by atoms with van der Waals surface area (Å²) in [7, 11) is -1.06. The molecule has 0 unspecified atom stereocenters. The van der Waals surface area contributed by atoms with Gasteiger partial charge in [-0.2, -0.15) is 0 Å². The molecule has 0 saturated carbocycles. The fourth-order valence-electron chi connectivity index (χ4n) is 1.59. The number of phenols is 1. The molecule has 0 saturated heterocycles. The van der Waals surface area contributed by atoms with E-state index in [9.17, 15) is 5.11 Å². The Balaban J connectivity index is 2.55. The molecule has 0 atom stereocenters. The van der Waals surface area contributed by atoms with Crippen LogP contribution in [0.4, 0.5) is 0 Å². The first-order chi connectivity index (χ1) is 9.42. The normalized spacial score (nSPS) is 12.4. The smallest absolute Gasteiger partial charge is 0.137 e. The Bertz CT molecular complexity index is 450. The lowest BCUT2D eigenvalue weighted by molar-refractivity contribution is 0.155. The topological polar surface area (TPSA) is 65.7 Å². The second kappa shape index (κ2) is 7.97. The highest BCUT2D eigenvalue weighted by Gasteiger charge is 2.11. The van der Waals surface area contributed by atoms with Gasteiger partial charge in [0.2, 0.25) is 0 Å². The largest absolute Gasteiger partial charge is 0.508 e. The first-order valence-electron chi connectivity index (χ1n) is 6.82. The lowest BCUT2D eigenvalue weighted by atomic mass is 10.1. The van der Waals surface area contributed by atoms with Crippen molar-refractivity contribution >= 4 is 20.0 Å². The Labute approximate surface area is 122 Å². The number of nitrogens with one attached hydrogen (secondary N) is 1. The van der Waals surface area contributed by atoms with Crippen LogP contribution in [0.2, 0.25) is 25.7 Å². The maximum absolute atomic E-state index is 9.29. The van der Waals surface area contributed by atoms with E-state index in [1.54, 1.807) is 24.3 Å². The summed E-state index contributed by atoms with van der Waals surface area (Å²) in [6.45, 7) is 8.02. The van der Waals surface area contributed by atoms with Crippen LogP contribution in [0, 0.1) is 5.41 Å². The van der Waals surface area contributed by atoms with E-state index in [4.69, 9.17) is 10.1 Å². The van der Waals surface area contributed by atoms with Gasteiger partial charge in [0, 0.05) is 27.3 Å². The van der Waals surface area contributed by atoms with E-state index < -0.39 is 8.07 Å². The van der Waals surface area contributed by atoms with Crippen LogP contribution in [0.1, 0.15) is 12.0 Å². The predicted molar refractivity (Wildman–Crippen MR) is 87.0 cm³/mol. The van der Waals surface area contributed by atoms with Crippen molar-refractivity contribution in [2.45, 2.75) is 32.1 Å². The molecule has 0 aliphatic heterocycles. The number of hydrogen-bond donors (Lipinski definition) is 2. The zero-order valence-corrected chi connectivity index (χ0v) is 13.5. The van der Waals surface area contributed by atoms with E-state index >= 15 is 0 Å². The molecule has 1 aromatic rings. The third-order valence-corrected chi connectivity index (χ3v) is 4.54. The number of rotatable bonds is 8. The zero-order valence-electron chi connectivity index (χ0n) is 12.5. The van der Waals surface area contributed by atoms with Crippen molar-refractivity contribution in [3.8, 4) is 5.75 Å². The van der Waals surface area contributed by atoms with Gasteiger partial charge in [-0.25, -0.2) is 0 Å². The summed E-state index contributed by atoms with van der Waals surface area (Å²) in [6.07, 6.45) is 1.80. The van der Waals surface area contributed by atoms with E-state index in [2.05, 4.69) is 24.6 Å². The highest BCUT2D eigenvalue weighted by atomic mass is 28.3. The Hall–Kier alpha value is -1.46. The van der Waals surface area contributed by atoms with Crippen LogP contribution in [0.5, 0.6) is 5.75 Å². The van der Waals surface area contributed by atoms with Crippen molar-refractivity contribution in [3.63, 3.8) is 0 Å². The lowest BCUT2D eigenvalue weighted by Gasteiger charge is -2.14. The fraction of sp³-hybridized carbons (Fsp3) is 0.467. The molecule has 1 rings (SSSR count). The number of ether oxygens (including phenoxy) is 1. The van der Waals surface area contributed by atoms with E-state index in [0.717, 1.165) is 23.9 Å². The summed E-state index contributed by atoms with van der Waals surface area (Å²) >= 11 is 0. The highest BCUT2D eigenvalue weighted by molar-refractivity contribution is 6.76. The molecule has 0 spiro atoms. The Kier molecular flexibility index (Phi) is 6.61. The summed E-state index contributed by atoms with van der Waals surface area (Å²) in [5.74, 6) is 0.231. The molecule has 0 aromatic heterocycles. The molecule has 0 heterocycles. The highest BCUT2D eigenvalue weighted by Crippen LogP contribution is 2.12. The van der Waals surface area contributed by atoms with Gasteiger partial charge in [-0.3, -0.25) is 4.99 Å². The monoisotopic (exact) mass is 292 g/mol. The number of aromatic hydroxyl groups is 1. The number of phenolic OH excluding ortho intramolecular Hbond substituents is 1. The quantitative estimate of drug-likeness (QED) is 0.437. The molecule has 0 fully saturated rings. The molecule has 4 nitrogen and oxygen atoms in total. The van der Waals surface area contributed by atoms with E-state index in [1.807, 2.05) is 0 Å². The minimum atomic E-state index is -1.06. The maximum Gasteiger partial charge on any atom is 0.137 e. The molecular formula is C15H24N2O2Si. The van der Waals surface area contributed by atoms with Gasteiger partial charge in [-0.05, 0) is 35.9 Å². The Morgan fingerprint density at radius 3 is 2.50 bits per heavy atom. The minimum Gasteiger partial charge on any atom is -0.508 e. The van der Waals surface area contributed by atoms with E-state index in [0.29, 0.717) is 13.2 Å². The van der Waals surface area contributed by atoms with Crippen LogP contribution in [0.25, 0.3) is 0 Å². The second-order valence-electron chi connectivity index (χ2n) is 5.91. The number of benzene rings is 1. The molecule has 0 aliphatic rings. The van der Waals surface area contributed by atoms with Gasteiger partial charge < -0.3 is 15.3 Å². The van der Waals surface area contributed by atoms with Gasteiger partial charge in [-0.1, -0.05) is 19.6 Å². The van der Waals surface area contributed by atoms with Crippen LogP contribution in [0.15, 0.2) is 29.3 Å². The van der Waals surface area contributed by atoms with Crippen molar-refractivity contribution in [2.75, 3.05) is 13.3 Å². The van der Waals surface area contributed by atoms with E-state index in [1.165, 1.54) is 6.21 Å². The zero-order chi connectivity index (χ0) is 15.0. The Morgan fingerprint density at radius 1 is 1.30 bits per heavy atom. The first kappa shape index (κ1) is 16.6. The van der Waals surface area contributed by atoms with Crippen LogP contribution in [-0.2, 0) is 4.74 Å². The molecule has 110 valence electrons. The van der Waals surface area contributed by atoms with Gasteiger partial charge in [-0.15, -0.1) is 0 Å². The number of hydrogen-bond acceptors (Lipinski definition) is 4. The first-order valence-corrected chi connectivity index (χ1v) is 10.5. The summed E-state index contributed by atoms with van der Waals surface area (Å²) in [4.78, 5) is 4.41. The molecule has 5 heteroatoms. The summed E-state index contributed by atoms with van der Waals surface area (Å²) in [5, 5.41) is 16.5. The van der Waals surface area contributed by atoms with Gasteiger partial charge in [0.1, 0.15) is 12.5 Å². The van der Waals surface area contributed by atoms with Crippen molar-refractivity contribution < 1.29 is 9.84 Å². The third-order valence-electron chi connectivity index (χ3n) is 2.84. The van der Waals surface area contributed by atoms with Crippen molar-refractivity contribution in [2.24, 2.45) is 4.99 Å². The third kappa shape index (κ3) is 6.63. The van der Waals surface area contributed by atoms with Crippen LogP contribution in [-0.4, -0.2) is 38.4 Å². The maximum atomic E-state index is 9.29. The molecular weight excluding hydrogens is 268 g/mol. The van der Waals surface area contributed by atoms with Gasteiger partial charge >= 0.3 is 0 Å². The molecule has 0 amide bonds. The molecule has 2 N–H and O–H groups in total. The van der Waals surface area contributed by atoms with Crippen molar-refractivity contribution in [1.29, 1.82) is 5.41 Å². The molecule has 0 bridgehead atoms. The molecule has 0 aliphatic carbocycles. The van der Waals surface area contributed by atoms with Crippen LogP contribution < -0.4 is 0 Å². The standard InChI is InChI=1S/C15H24N2O2Si/c1-20(2,3)11-10-19-12-17-15(8-9-16)13-4-6-14(18)7-5-13/h4-7,9,16,18H,8,10-12H2,1-3H3. The summed E-state index contributed by atoms with van der Waals surface area (Å²) < 4.78 is 5.55. The fourth-order valence-corrected chi connectivity index (χ4v) is 2.35. The SMILES string of the molecule is C[Si](C)(C)CCOCN=C(CC=N)c1ccc(O)cc1. The van der Waals surface area contributed by atoms with E-state index in [-0.39, 0.29) is 5.75 Å². The molecule has 0 radical (unpaired) electrons. The van der Waals surface area contributed by atoms with Crippen LogP contribution in [0.3, 0.4) is 0 Å². The second-order valence-corrected chi connectivity index (χ2v) is 11.5. The van der Waals surface area contributed by atoms with Crippen molar-refractivity contribution in [1.82, 2.24) is 0 Å². The Morgan fingerprint density at radius 2 is 1.95 bits per heavy atom. The van der Waals surface area contributed by atoms with Crippen molar-refractivity contribution in [3.05, 3.63) is 29.8 Å². The average Bonchev–Trinajstić information content (AvgIpc) is 2.37. The predicted octanol–water partition coefficient (Wildman–Crippen LogP) is 3.53. The number of aliphatic imine (C=N–C) groups is 1. The van der Waals surface area contributed by atoms with Crippen LogP contribution >= 0.6 is 0 Å². The van der Waals surface area contributed by atoms with Gasteiger partial charge in [0.25, 0.3) is 0 Å². The average molecular weight is 292 g/mol. The number of nitrogens with zero attached hydrogens (tertiary/aromatic N) is 1.